The SMILES string of the molecule is COc1ccc(C(OC[C@H]2O[C@@H](n3ccc(=O)[nH]c3=O)[C@H](OCOC(C)=O)[C@@H]2OP(OCCC#N)N(C(C)C)C(C)C)(c2ccccc2)c2ccc(OC)cc2)cc1. The maximum atomic E-state index is 13.4. The fourth-order valence-corrected chi connectivity index (χ4v) is 8.64. The summed E-state index contributed by atoms with van der Waals surface area (Å²) in [6, 6.07) is 28.0. The van der Waals surface area contributed by atoms with Gasteiger partial charge in [-0.15, -0.1) is 0 Å². The van der Waals surface area contributed by atoms with Gasteiger partial charge >= 0.3 is 11.7 Å². The Kier molecular flexibility index (Phi) is 15.8. The van der Waals surface area contributed by atoms with Gasteiger partial charge in [-0.3, -0.25) is 19.1 Å². The van der Waals surface area contributed by atoms with E-state index in [9.17, 15) is 19.6 Å². The summed E-state index contributed by atoms with van der Waals surface area (Å²) in [5.74, 6) is 0.715. The lowest BCUT2D eigenvalue weighted by Gasteiger charge is -2.39. The van der Waals surface area contributed by atoms with Gasteiger partial charge in [0, 0.05) is 31.3 Å². The molecule has 4 aromatic rings. The van der Waals surface area contributed by atoms with Crippen LogP contribution in [0.15, 0.2) is 101 Å². The minimum absolute atomic E-state index is 0.0564. The number of nitriles is 1. The first kappa shape index (κ1) is 44.2. The molecule has 0 amide bonds. The van der Waals surface area contributed by atoms with E-state index < -0.39 is 62.7 Å². The van der Waals surface area contributed by atoms with Crippen LogP contribution in [0.4, 0.5) is 0 Å². The van der Waals surface area contributed by atoms with Crippen molar-refractivity contribution < 1.29 is 42.3 Å². The zero-order chi connectivity index (χ0) is 41.8. The molecular formula is C42H51N4O11P. The predicted molar refractivity (Wildman–Crippen MR) is 215 cm³/mol. The molecule has 5 atom stereocenters. The number of benzene rings is 3. The predicted octanol–water partition coefficient (Wildman–Crippen LogP) is 6.03. The highest BCUT2D eigenvalue weighted by Gasteiger charge is 2.51. The molecule has 3 aromatic carbocycles. The highest BCUT2D eigenvalue weighted by Crippen LogP contribution is 2.51. The number of hydrogen-bond acceptors (Lipinski definition) is 13. The van der Waals surface area contributed by atoms with Crippen molar-refractivity contribution in [2.45, 2.75) is 83.3 Å². The number of carbonyl (C=O) groups is 1. The number of nitrogens with one attached hydrogen (secondary N) is 1. The number of H-pyrrole nitrogens is 1. The second kappa shape index (κ2) is 20.7. The maximum Gasteiger partial charge on any atom is 0.330 e. The summed E-state index contributed by atoms with van der Waals surface area (Å²) >= 11 is 0. The fourth-order valence-electron chi connectivity index (χ4n) is 6.87. The first-order valence-electron chi connectivity index (χ1n) is 18.9. The van der Waals surface area contributed by atoms with E-state index in [0.717, 1.165) is 16.7 Å². The molecule has 15 nitrogen and oxygen atoms in total. The van der Waals surface area contributed by atoms with Crippen LogP contribution < -0.4 is 20.7 Å². The van der Waals surface area contributed by atoms with Crippen LogP contribution in [0.5, 0.6) is 11.5 Å². The third-order valence-corrected chi connectivity index (χ3v) is 11.6. The van der Waals surface area contributed by atoms with E-state index in [-0.39, 0.29) is 31.7 Å². The normalized spacial score (nSPS) is 18.6. The summed E-state index contributed by atoms with van der Waals surface area (Å²) in [4.78, 5) is 39.8. The quantitative estimate of drug-likeness (QED) is 0.0361. The van der Waals surface area contributed by atoms with Crippen molar-refractivity contribution in [3.8, 4) is 17.6 Å². The second-order valence-electron chi connectivity index (χ2n) is 13.9. The van der Waals surface area contributed by atoms with Gasteiger partial charge in [0.05, 0.1) is 39.9 Å². The van der Waals surface area contributed by atoms with E-state index in [1.165, 1.54) is 23.8 Å². The molecule has 0 bridgehead atoms. The molecule has 1 aromatic heterocycles. The molecule has 5 rings (SSSR count). The molecule has 310 valence electrons. The van der Waals surface area contributed by atoms with Crippen LogP contribution in [0.1, 0.15) is 64.0 Å². The number of aromatic amines is 1. The van der Waals surface area contributed by atoms with Gasteiger partial charge in [0.15, 0.2) is 13.0 Å². The van der Waals surface area contributed by atoms with Crippen LogP contribution in [-0.4, -0.2) is 84.8 Å². The van der Waals surface area contributed by atoms with Crippen LogP contribution in [0.3, 0.4) is 0 Å². The van der Waals surface area contributed by atoms with Gasteiger partial charge in [0.2, 0.25) is 0 Å². The lowest BCUT2D eigenvalue weighted by molar-refractivity contribution is -0.168. The summed E-state index contributed by atoms with van der Waals surface area (Å²) in [7, 11) is 1.29. The third-order valence-electron chi connectivity index (χ3n) is 9.45. The van der Waals surface area contributed by atoms with E-state index in [1.54, 1.807) is 14.2 Å². The number of aromatic nitrogens is 2. The fraction of sp³-hybridized carbons (Fsp3) is 0.429. The van der Waals surface area contributed by atoms with Crippen molar-refractivity contribution in [2.24, 2.45) is 0 Å². The van der Waals surface area contributed by atoms with Gasteiger partial charge in [-0.1, -0.05) is 54.6 Å². The number of hydrogen-bond donors (Lipinski definition) is 1. The number of ether oxygens (including phenoxy) is 6. The summed E-state index contributed by atoms with van der Waals surface area (Å²) in [5, 5.41) is 9.39. The average Bonchev–Trinajstić information content (AvgIpc) is 3.54. The molecular weight excluding hydrogens is 767 g/mol. The number of nitrogens with zero attached hydrogens (tertiary/aromatic N) is 3. The largest absolute Gasteiger partial charge is 0.497 e. The molecule has 0 aliphatic carbocycles. The maximum absolute atomic E-state index is 13.4. The van der Waals surface area contributed by atoms with Crippen LogP contribution in [-0.2, 0) is 38.4 Å². The molecule has 0 radical (unpaired) electrons. The Morgan fingerprint density at radius 3 is 2.00 bits per heavy atom. The molecule has 1 aliphatic rings. The zero-order valence-electron chi connectivity index (χ0n) is 33.7. The van der Waals surface area contributed by atoms with Gasteiger partial charge in [0.1, 0.15) is 35.4 Å². The molecule has 1 N–H and O–H groups in total. The van der Waals surface area contributed by atoms with Gasteiger partial charge in [0.25, 0.3) is 14.1 Å². The van der Waals surface area contributed by atoms with Crippen molar-refractivity contribution in [1.29, 1.82) is 5.26 Å². The van der Waals surface area contributed by atoms with E-state index in [1.807, 2.05) is 107 Å². The third kappa shape index (κ3) is 10.4. The Morgan fingerprint density at radius 1 is 0.897 bits per heavy atom. The first-order chi connectivity index (χ1) is 27.9. The molecule has 1 aliphatic heterocycles. The first-order valence-corrected chi connectivity index (χ1v) is 20.0. The standard InChI is InChI=1S/C42H51N4O11P/c1-28(2)46(29(3)4)58(55-25-11-23-43)57-38-36(56-40(39(38)53-27-52-30(5)47)45-24-22-37(48)44-41(45)49)26-54-42(31-12-9-8-10-13-31,32-14-18-34(50-6)19-15-32)33-16-20-35(51-7)21-17-33/h8-10,12-22,24,28-29,36,38-40H,11,25-27H2,1-7H3,(H,44,48,49)/t36-,38-,39-,40-,58?/m1/s1. The van der Waals surface area contributed by atoms with Gasteiger partial charge < -0.3 is 37.5 Å². The molecule has 58 heavy (non-hydrogen) atoms. The molecule has 1 fully saturated rings. The van der Waals surface area contributed by atoms with Crippen LogP contribution >= 0.6 is 8.53 Å². The summed E-state index contributed by atoms with van der Waals surface area (Å²) in [6.45, 7) is 8.71. The molecule has 2 heterocycles. The Bertz CT molecular complexity index is 2010. The Labute approximate surface area is 339 Å². The average molecular weight is 819 g/mol. The summed E-state index contributed by atoms with van der Waals surface area (Å²) in [6.07, 6.45) is -2.91. The molecule has 0 spiro atoms. The number of rotatable bonds is 20. The van der Waals surface area contributed by atoms with Crippen LogP contribution in [0.2, 0.25) is 0 Å². The van der Waals surface area contributed by atoms with E-state index in [4.69, 9.17) is 37.5 Å². The molecule has 1 unspecified atom stereocenters. The lowest BCUT2D eigenvalue weighted by atomic mass is 9.80. The number of carbonyl (C=O) groups excluding carboxylic acids is 1. The molecule has 16 heteroatoms. The zero-order valence-corrected chi connectivity index (χ0v) is 34.6. The van der Waals surface area contributed by atoms with E-state index >= 15 is 0 Å². The second-order valence-corrected chi connectivity index (χ2v) is 15.3. The number of methoxy groups -OCH3 is 2. The number of esters is 1. The minimum Gasteiger partial charge on any atom is -0.497 e. The van der Waals surface area contributed by atoms with Gasteiger partial charge in [-0.25, -0.2) is 9.46 Å². The monoisotopic (exact) mass is 818 g/mol. The van der Waals surface area contributed by atoms with Crippen molar-refractivity contribution in [3.05, 3.63) is 129 Å². The Morgan fingerprint density at radius 2 is 1.48 bits per heavy atom. The molecule has 0 saturated carbocycles. The van der Waals surface area contributed by atoms with E-state index in [0.29, 0.717) is 11.5 Å². The molecule has 1 saturated heterocycles. The van der Waals surface area contributed by atoms with Crippen molar-refractivity contribution in [3.63, 3.8) is 0 Å². The van der Waals surface area contributed by atoms with Crippen molar-refractivity contribution in [2.75, 3.05) is 34.2 Å². The Balaban J connectivity index is 1.68. The van der Waals surface area contributed by atoms with Crippen molar-refractivity contribution >= 4 is 14.5 Å². The Hall–Kier alpha value is -4.91. The topological polar surface area (TPSA) is 173 Å². The summed E-state index contributed by atoms with van der Waals surface area (Å²) < 4.78 is 52.9. The van der Waals surface area contributed by atoms with Gasteiger partial charge in [-0.2, -0.15) is 5.26 Å². The van der Waals surface area contributed by atoms with Gasteiger partial charge in [-0.05, 0) is 68.7 Å². The minimum atomic E-state index is -1.90. The highest BCUT2D eigenvalue weighted by atomic mass is 31.2. The van der Waals surface area contributed by atoms with Crippen LogP contribution in [0, 0.1) is 11.3 Å². The summed E-state index contributed by atoms with van der Waals surface area (Å²) in [5.41, 5.74) is -0.287. The smallest absolute Gasteiger partial charge is 0.330 e. The van der Waals surface area contributed by atoms with E-state index in [2.05, 4.69) is 15.7 Å². The van der Waals surface area contributed by atoms with Crippen LogP contribution in [0.25, 0.3) is 0 Å². The highest BCUT2D eigenvalue weighted by molar-refractivity contribution is 7.44. The van der Waals surface area contributed by atoms with Crippen molar-refractivity contribution in [1.82, 2.24) is 14.2 Å². The lowest BCUT2D eigenvalue weighted by Crippen LogP contribution is -2.43.